The molecule has 0 saturated heterocycles. The summed E-state index contributed by atoms with van der Waals surface area (Å²) >= 11 is 0. The summed E-state index contributed by atoms with van der Waals surface area (Å²) in [6.07, 6.45) is 3.09. The predicted molar refractivity (Wildman–Crippen MR) is 61.4 cm³/mol. The van der Waals surface area contributed by atoms with Gasteiger partial charge in [-0.05, 0) is 25.2 Å². The van der Waals surface area contributed by atoms with E-state index in [0.29, 0.717) is 18.9 Å². The number of amides is 1. The van der Waals surface area contributed by atoms with Crippen molar-refractivity contribution < 1.29 is 9.90 Å². The molecule has 0 aliphatic carbocycles. The van der Waals surface area contributed by atoms with E-state index in [4.69, 9.17) is 10.8 Å². The number of nitrogens with two attached hydrogens (primary N) is 1. The third-order valence-electron chi connectivity index (χ3n) is 2.48. The van der Waals surface area contributed by atoms with Crippen molar-refractivity contribution in [3.05, 3.63) is 0 Å². The number of hydrogen-bond acceptors (Lipinski definition) is 3. The van der Waals surface area contributed by atoms with Crippen LogP contribution in [-0.2, 0) is 4.79 Å². The number of carbonyl (C=O) groups excluding carboxylic acids is 1. The fourth-order valence-electron chi connectivity index (χ4n) is 1.22. The summed E-state index contributed by atoms with van der Waals surface area (Å²) in [5.41, 5.74) is 5.65. The lowest BCUT2D eigenvalue weighted by Gasteiger charge is -2.10. The number of rotatable bonds is 8. The molecule has 4 nitrogen and oxygen atoms in total. The maximum Gasteiger partial charge on any atom is 0.221 e. The molecule has 0 heterocycles. The van der Waals surface area contributed by atoms with Gasteiger partial charge in [0.2, 0.25) is 5.91 Å². The molecule has 0 bridgehead atoms. The highest BCUT2D eigenvalue weighted by molar-refractivity contribution is 5.76. The van der Waals surface area contributed by atoms with Crippen LogP contribution in [0.4, 0.5) is 0 Å². The highest BCUT2D eigenvalue weighted by Crippen LogP contribution is 2.02. The first-order valence-corrected chi connectivity index (χ1v) is 5.73. The molecule has 0 aromatic heterocycles. The van der Waals surface area contributed by atoms with E-state index in [1.807, 2.05) is 13.8 Å². The Morgan fingerprint density at radius 3 is 2.73 bits per heavy atom. The topological polar surface area (TPSA) is 75.4 Å². The molecule has 15 heavy (non-hydrogen) atoms. The normalized spacial score (nSPS) is 14.7. The van der Waals surface area contributed by atoms with Gasteiger partial charge in [0.1, 0.15) is 0 Å². The molecule has 0 radical (unpaired) electrons. The van der Waals surface area contributed by atoms with Gasteiger partial charge in [0.25, 0.3) is 0 Å². The average molecular weight is 216 g/mol. The average Bonchev–Trinajstić information content (AvgIpc) is 2.23. The third-order valence-corrected chi connectivity index (χ3v) is 2.48. The van der Waals surface area contributed by atoms with Crippen LogP contribution in [0.3, 0.4) is 0 Å². The minimum Gasteiger partial charge on any atom is -0.396 e. The monoisotopic (exact) mass is 216 g/mol. The van der Waals surface area contributed by atoms with Gasteiger partial charge in [-0.25, -0.2) is 0 Å². The van der Waals surface area contributed by atoms with Gasteiger partial charge in [-0.15, -0.1) is 0 Å². The Bertz CT molecular complexity index is 174. The molecule has 0 rings (SSSR count). The zero-order valence-corrected chi connectivity index (χ0v) is 9.83. The molecule has 0 fully saturated rings. The second-order valence-corrected chi connectivity index (χ2v) is 4.15. The lowest BCUT2D eigenvalue weighted by atomic mass is 10.1. The molecule has 0 aromatic rings. The van der Waals surface area contributed by atoms with Gasteiger partial charge in [0.05, 0.1) is 0 Å². The zero-order chi connectivity index (χ0) is 11.7. The van der Waals surface area contributed by atoms with Gasteiger partial charge in [0.15, 0.2) is 0 Å². The van der Waals surface area contributed by atoms with Crippen LogP contribution in [0.25, 0.3) is 0 Å². The van der Waals surface area contributed by atoms with Crippen molar-refractivity contribution in [2.75, 3.05) is 13.2 Å². The zero-order valence-electron chi connectivity index (χ0n) is 9.83. The van der Waals surface area contributed by atoms with Crippen molar-refractivity contribution in [2.45, 2.75) is 45.6 Å². The lowest BCUT2D eigenvalue weighted by molar-refractivity contribution is -0.121. The van der Waals surface area contributed by atoms with Crippen LogP contribution >= 0.6 is 0 Å². The highest BCUT2D eigenvalue weighted by atomic mass is 16.3. The molecule has 0 aromatic carbocycles. The molecule has 0 aliphatic heterocycles. The van der Waals surface area contributed by atoms with Gasteiger partial charge >= 0.3 is 0 Å². The van der Waals surface area contributed by atoms with Crippen LogP contribution in [0.1, 0.15) is 39.5 Å². The minimum atomic E-state index is -0.0265. The van der Waals surface area contributed by atoms with Crippen LogP contribution in [0, 0.1) is 5.92 Å². The van der Waals surface area contributed by atoms with Crippen molar-refractivity contribution >= 4 is 5.91 Å². The van der Waals surface area contributed by atoms with Crippen molar-refractivity contribution in [2.24, 2.45) is 11.7 Å². The summed E-state index contributed by atoms with van der Waals surface area (Å²) in [5, 5.41) is 11.6. The summed E-state index contributed by atoms with van der Waals surface area (Å²) < 4.78 is 0. The van der Waals surface area contributed by atoms with E-state index in [9.17, 15) is 4.79 Å². The SMILES string of the molecule is CCC(N)CC(=O)NCCCC(C)CO. The first-order chi connectivity index (χ1) is 7.10. The lowest BCUT2D eigenvalue weighted by Crippen LogP contribution is -2.31. The van der Waals surface area contributed by atoms with E-state index in [1.165, 1.54) is 0 Å². The molecule has 4 N–H and O–H groups in total. The summed E-state index contributed by atoms with van der Waals surface area (Å²) in [6.45, 7) is 4.87. The van der Waals surface area contributed by atoms with Crippen LogP contribution in [0.15, 0.2) is 0 Å². The molecule has 90 valence electrons. The molecule has 0 saturated carbocycles. The first-order valence-electron chi connectivity index (χ1n) is 5.73. The molecule has 2 atom stereocenters. The summed E-state index contributed by atoms with van der Waals surface area (Å²) in [4.78, 5) is 11.3. The van der Waals surface area contributed by atoms with E-state index in [-0.39, 0.29) is 18.6 Å². The maximum absolute atomic E-state index is 11.3. The molecular formula is C11H24N2O2. The highest BCUT2D eigenvalue weighted by Gasteiger charge is 2.06. The number of carbonyl (C=O) groups is 1. The Labute approximate surface area is 92.2 Å². The Balaban J connectivity index is 3.39. The smallest absolute Gasteiger partial charge is 0.221 e. The van der Waals surface area contributed by atoms with Crippen molar-refractivity contribution in [1.29, 1.82) is 0 Å². The van der Waals surface area contributed by atoms with Crippen molar-refractivity contribution in [1.82, 2.24) is 5.32 Å². The standard InChI is InChI=1S/C11H24N2O2/c1-3-10(12)7-11(15)13-6-4-5-9(2)8-14/h9-10,14H,3-8,12H2,1-2H3,(H,13,15). The minimum absolute atomic E-state index is 0.0265. The van der Waals surface area contributed by atoms with E-state index >= 15 is 0 Å². The van der Waals surface area contributed by atoms with E-state index in [0.717, 1.165) is 19.3 Å². The van der Waals surface area contributed by atoms with Gasteiger partial charge in [-0.2, -0.15) is 0 Å². The summed E-state index contributed by atoms with van der Waals surface area (Å²) in [7, 11) is 0. The molecule has 1 amide bonds. The Morgan fingerprint density at radius 2 is 2.20 bits per heavy atom. The molecule has 0 spiro atoms. The largest absolute Gasteiger partial charge is 0.396 e. The summed E-state index contributed by atoms with van der Waals surface area (Å²) in [6, 6.07) is -0.0265. The van der Waals surface area contributed by atoms with E-state index in [1.54, 1.807) is 0 Å². The Kier molecular flexibility index (Phi) is 8.33. The second-order valence-electron chi connectivity index (χ2n) is 4.15. The van der Waals surface area contributed by atoms with Crippen molar-refractivity contribution in [3.63, 3.8) is 0 Å². The van der Waals surface area contributed by atoms with Crippen LogP contribution in [0.2, 0.25) is 0 Å². The number of nitrogens with one attached hydrogen (secondary N) is 1. The molecule has 2 unspecified atom stereocenters. The third kappa shape index (κ3) is 8.39. The van der Waals surface area contributed by atoms with Crippen LogP contribution < -0.4 is 11.1 Å². The van der Waals surface area contributed by atoms with Gasteiger partial charge in [0, 0.05) is 25.6 Å². The molecule has 0 aliphatic rings. The fraction of sp³-hybridized carbons (Fsp3) is 0.909. The summed E-state index contributed by atoms with van der Waals surface area (Å²) in [5.74, 6) is 0.348. The van der Waals surface area contributed by atoms with E-state index in [2.05, 4.69) is 5.32 Å². The van der Waals surface area contributed by atoms with Gasteiger partial charge in [-0.3, -0.25) is 4.79 Å². The van der Waals surface area contributed by atoms with Gasteiger partial charge in [-0.1, -0.05) is 13.8 Å². The van der Waals surface area contributed by atoms with Crippen molar-refractivity contribution in [3.8, 4) is 0 Å². The number of aliphatic hydroxyl groups is 1. The number of aliphatic hydroxyl groups excluding tert-OH is 1. The van der Waals surface area contributed by atoms with Crippen LogP contribution in [0.5, 0.6) is 0 Å². The predicted octanol–water partition coefficient (Wildman–Crippen LogP) is 0.639. The quantitative estimate of drug-likeness (QED) is 0.521. The molecule has 4 heteroatoms. The molecular weight excluding hydrogens is 192 g/mol. The second kappa shape index (κ2) is 8.68. The first kappa shape index (κ1) is 14.4. The fourth-order valence-corrected chi connectivity index (χ4v) is 1.22. The Hall–Kier alpha value is -0.610. The maximum atomic E-state index is 11.3. The Morgan fingerprint density at radius 1 is 1.53 bits per heavy atom. The van der Waals surface area contributed by atoms with E-state index < -0.39 is 0 Å². The number of hydrogen-bond donors (Lipinski definition) is 3. The van der Waals surface area contributed by atoms with Crippen LogP contribution in [-0.4, -0.2) is 30.2 Å². The van der Waals surface area contributed by atoms with Gasteiger partial charge < -0.3 is 16.2 Å².